The predicted octanol–water partition coefficient (Wildman–Crippen LogP) is 4.39. The van der Waals surface area contributed by atoms with E-state index < -0.39 is 22.9 Å². The maximum Gasteiger partial charge on any atom is 0.416 e. The Bertz CT molecular complexity index is 856. The lowest BCUT2D eigenvalue weighted by Crippen LogP contribution is -2.35. The monoisotopic (exact) mass is 394 g/mol. The van der Waals surface area contributed by atoms with Crippen molar-refractivity contribution in [2.75, 3.05) is 5.32 Å². The summed E-state index contributed by atoms with van der Waals surface area (Å²) < 4.78 is 38.4. The zero-order valence-corrected chi connectivity index (χ0v) is 15.2. The fraction of sp³-hybridized carbons (Fsp3) is 0.263. The van der Waals surface area contributed by atoms with Gasteiger partial charge in [-0.25, -0.2) is 0 Å². The van der Waals surface area contributed by atoms with E-state index in [9.17, 15) is 22.8 Å². The Morgan fingerprint density at radius 1 is 1.22 bits per heavy atom. The van der Waals surface area contributed by atoms with E-state index in [1.165, 1.54) is 6.07 Å². The fourth-order valence-electron chi connectivity index (χ4n) is 2.75. The Morgan fingerprint density at radius 3 is 2.59 bits per heavy atom. The average Bonchev–Trinajstić information content (AvgIpc) is 2.61. The van der Waals surface area contributed by atoms with Crippen molar-refractivity contribution in [2.45, 2.75) is 35.7 Å². The molecule has 0 saturated carbocycles. The van der Waals surface area contributed by atoms with E-state index in [1.807, 2.05) is 37.3 Å². The third kappa shape index (κ3) is 4.63. The number of halogens is 3. The SMILES string of the molecule is C[C@H](NC(=O)C[C@H]1Sc2ccc(C(F)(F)F)cc2NC1=O)c1ccccc1. The van der Waals surface area contributed by atoms with Gasteiger partial charge in [-0.05, 0) is 30.7 Å². The molecule has 142 valence electrons. The van der Waals surface area contributed by atoms with E-state index in [0.29, 0.717) is 4.90 Å². The molecule has 1 heterocycles. The largest absolute Gasteiger partial charge is 0.416 e. The normalized spacial score (nSPS) is 17.6. The van der Waals surface area contributed by atoms with Crippen LogP contribution in [0, 0.1) is 0 Å². The number of amides is 2. The van der Waals surface area contributed by atoms with E-state index in [-0.39, 0.29) is 24.1 Å². The van der Waals surface area contributed by atoms with E-state index in [2.05, 4.69) is 10.6 Å². The maximum atomic E-state index is 12.8. The number of anilines is 1. The van der Waals surface area contributed by atoms with Crippen molar-refractivity contribution in [3.8, 4) is 0 Å². The highest BCUT2D eigenvalue weighted by Crippen LogP contribution is 2.40. The van der Waals surface area contributed by atoms with Crippen LogP contribution in [0.2, 0.25) is 0 Å². The van der Waals surface area contributed by atoms with Gasteiger partial charge in [0.1, 0.15) is 0 Å². The lowest BCUT2D eigenvalue weighted by molar-refractivity contribution is -0.137. The average molecular weight is 394 g/mol. The molecule has 2 N–H and O–H groups in total. The number of rotatable bonds is 4. The van der Waals surface area contributed by atoms with Crippen LogP contribution in [0.5, 0.6) is 0 Å². The van der Waals surface area contributed by atoms with Gasteiger partial charge in [0, 0.05) is 11.3 Å². The highest BCUT2D eigenvalue weighted by atomic mass is 32.2. The molecule has 3 rings (SSSR count). The quantitative estimate of drug-likeness (QED) is 0.809. The van der Waals surface area contributed by atoms with Crippen LogP contribution in [0.15, 0.2) is 53.4 Å². The van der Waals surface area contributed by atoms with Crippen LogP contribution in [0.3, 0.4) is 0 Å². The lowest BCUT2D eigenvalue weighted by atomic mass is 10.1. The van der Waals surface area contributed by atoms with E-state index in [4.69, 9.17) is 0 Å². The molecule has 0 spiro atoms. The van der Waals surface area contributed by atoms with E-state index in [1.54, 1.807) is 0 Å². The van der Waals surface area contributed by atoms with Crippen molar-refractivity contribution in [1.82, 2.24) is 5.32 Å². The lowest BCUT2D eigenvalue weighted by Gasteiger charge is -2.25. The summed E-state index contributed by atoms with van der Waals surface area (Å²) in [5.74, 6) is -0.774. The molecule has 0 bridgehead atoms. The molecular formula is C19H17F3N2O2S. The number of thioether (sulfide) groups is 1. The van der Waals surface area contributed by atoms with Crippen LogP contribution in [-0.2, 0) is 15.8 Å². The molecule has 1 aliphatic heterocycles. The summed E-state index contributed by atoms with van der Waals surface area (Å²) in [6, 6.07) is 12.4. The number of benzene rings is 2. The van der Waals surface area contributed by atoms with Gasteiger partial charge in [-0.2, -0.15) is 13.2 Å². The first kappa shape index (κ1) is 19.3. The molecule has 0 saturated heterocycles. The van der Waals surface area contributed by atoms with Crippen LogP contribution >= 0.6 is 11.8 Å². The molecule has 0 fully saturated rings. The molecule has 2 aromatic carbocycles. The van der Waals surface area contributed by atoms with Gasteiger partial charge >= 0.3 is 6.18 Å². The minimum absolute atomic E-state index is 0.0614. The smallest absolute Gasteiger partial charge is 0.350 e. The van der Waals surface area contributed by atoms with Crippen molar-refractivity contribution < 1.29 is 22.8 Å². The summed E-state index contributed by atoms with van der Waals surface area (Å²) in [7, 11) is 0. The standard InChI is InChI=1S/C19H17F3N2O2S/c1-11(12-5-3-2-4-6-12)23-17(25)10-16-18(26)24-14-9-13(19(20,21)22)7-8-15(14)27-16/h2-9,11,16H,10H2,1H3,(H,23,25)(H,24,26)/t11-,16+/m0/s1. The molecule has 27 heavy (non-hydrogen) atoms. The molecule has 4 nitrogen and oxygen atoms in total. The van der Waals surface area contributed by atoms with Crippen molar-refractivity contribution in [3.63, 3.8) is 0 Å². The highest BCUT2D eigenvalue weighted by Gasteiger charge is 2.34. The molecule has 2 aromatic rings. The number of carbonyl (C=O) groups is 2. The van der Waals surface area contributed by atoms with Crippen LogP contribution < -0.4 is 10.6 Å². The molecule has 8 heteroatoms. The summed E-state index contributed by atoms with van der Waals surface area (Å²) >= 11 is 1.10. The van der Waals surface area contributed by atoms with Gasteiger partial charge in [0.15, 0.2) is 0 Å². The number of carbonyl (C=O) groups excluding carboxylic acids is 2. The summed E-state index contributed by atoms with van der Waals surface area (Å²) in [5, 5.41) is 4.61. The second-order valence-corrected chi connectivity index (χ2v) is 7.45. The molecule has 0 radical (unpaired) electrons. The Hall–Kier alpha value is -2.48. The van der Waals surface area contributed by atoms with Gasteiger partial charge in [0.05, 0.1) is 22.5 Å². The molecule has 1 aliphatic rings. The second kappa shape index (κ2) is 7.64. The Labute approximate surface area is 158 Å². The van der Waals surface area contributed by atoms with Gasteiger partial charge in [0.2, 0.25) is 11.8 Å². The Kier molecular flexibility index (Phi) is 5.46. The fourth-order valence-corrected chi connectivity index (χ4v) is 3.85. The first-order chi connectivity index (χ1) is 12.7. The summed E-state index contributed by atoms with van der Waals surface area (Å²) in [5.41, 5.74) is 0.237. The summed E-state index contributed by atoms with van der Waals surface area (Å²) in [4.78, 5) is 25.0. The Balaban J connectivity index is 1.65. The van der Waals surface area contributed by atoms with Crippen LogP contribution in [0.4, 0.5) is 18.9 Å². The topological polar surface area (TPSA) is 58.2 Å². The molecule has 0 aromatic heterocycles. The number of nitrogens with one attached hydrogen (secondary N) is 2. The van der Waals surface area contributed by atoms with Gasteiger partial charge < -0.3 is 10.6 Å². The number of fused-ring (bicyclic) bond motifs is 1. The third-order valence-electron chi connectivity index (χ3n) is 4.17. The summed E-state index contributed by atoms with van der Waals surface area (Å²) in [6.45, 7) is 1.84. The Morgan fingerprint density at radius 2 is 1.93 bits per heavy atom. The maximum absolute atomic E-state index is 12.8. The molecular weight excluding hydrogens is 377 g/mol. The highest BCUT2D eigenvalue weighted by molar-refractivity contribution is 8.01. The zero-order valence-electron chi connectivity index (χ0n) is 14.3. The van der Waals surface area contributed by atoms with Crippen LogP contribution in [0.1, 0.15) is 30.5 Å². The number of alkyl halides is 3. The van der Waals surface area contributed by atoms with Crippen molar-refractivity contribution in [2.24, 2.45) is 0 Å². The van der Waals surface area contributed by atoms with Gasteiger partial charge in [0.25, 0.3) is 0 Å². The van der Waals surface area contributed by atoms with E-state index in [0.717, 1.165) is 29.5 Å². The van der Waals surface area contributed by atoms with Gasteiger partial charge in [-0.3, -0.25) is 9.59 Å². The zero-order chi connectivity index (χ0) is 19.6. The van der Waals surface area contributed by atoms with Crippen LogP contribution in [0.25, 0.3) is 0 Å². The third-order valence-corrected chi connectivity index (χ3v) is 5.45. The summed E-state index contributed by atoms with van der Waals surface area (Å²) in [6.07, 6.45) is -4.54. The molecule has 2 atom stereocenters. The predicted molar refractivity (Wildman–Crippen MR) is 97.3 cm³/mol. The van der Waals surface area contributed by atoms with E-state index >= 15 is 0 Å². The minimum Gasteiger partial charge on any atom is -0.350 e. The number of hydrogen-bond acceptors (Lipinski definition) is 3. The van der Waals surface area contributed by atoms with Crippen molar-refractivity contribution in [1.29, 1.82) is 0 Å². The first-order valence-electron chi connectivity index (χ1n) is 8.27. The molecule has 0 unspecified atom stereocenters. The molecule has 2 amide bonds. The molecule has 0 aliphatic carbocycles. The van der Waals surface area contributed by atoms with Crippen LogP contribution in [-0.4, -0.2) is 17.1 Å². The number of hydrogen-bond donors (Lipinski definition) is 2. The van der Waals surface area contributed by atoms with Gasteiger partial charge in [-0.15, -0.1) is 11.8 Å². The minimum atomic E-state index is -4.48. The second-order valence-electron chi connectivity index (χ2n) is 6.21. The van der Waals surface area contributed by atoms with Gasteiger partial charge in [-0.1, -0.05) is 30.3 Å². The van der Waals surface area contributed by atoms with Crippen molar-refractivity contribution in [3.05, 3.63) is 59.7 Å². The van der Waals surface area contributed by atoms with Crippen molar-refractivity contribution >= 4 is 29.3 Å². The first-order valence-corrected chi connectivity index (χ1v) is 9.15.